The van der Waals surface area contributed by atoms with Crippen LogP contribution in [0.3, 0.4) is 0 Å². The van der Waals surface area contributed by atoms with Crippen LogP contribution >= 0.6 is 0 Å². The van der Waals surface area contributed by atoms with Gasteiger partial charge in [-0.1, -0.05) is 6.92 Å². The van der Waals surface area contributed by atoms with E-state index in [9.17, 15) is 13.2 Å². The first-order valence-corrected chi connectivity index (χ1v) is 6.01. The lowest BCUT2D eigenvalue weighted by Gasteiger charge is -2.17. The molecule has 1 heterocycles. The van der Waals surface area contributed by atoms with Crippen molar-refractivity contribution in [1.29, 1.82) is 0 Å². The molecule has 6 heteroatoms. The summed E-state index contributed by atoms with van der Waals surface area (Å²) < 4.78 is 36.3. The van der Waals surface area contributed by atoms with E-state index < -0.39 is 12.6 Å². The molecule has 0 aliphatic heterocycles. The molecule has 0 saturated heterocycles. The van der Waals surface area contributed by atoms with Crippen LogP contribution in [0.4, 0.5) is 13.2 Å². The number of nitrogens with one attached hydrogen (secondary N) is 1. The molecule has 0 radical (unpaired) electrons. The molecule has 0 aromatic carbocycles. The molecule has 1 rings (SSSR count). The number of hydrogen-bond donors (Lipinski definition) is 1. The summed E-state index contributed by atoms with van der Waals surface area (Å²) in [6.07, 6.45) is -1.09. The van der Waals surface area contributed by atoms with Gasteiger partial charge in [-0.05, 0) is 26.3 Å². The highest BCUT2D eigenvalue weighted by molar-refractivity contribution is 5.05. The van der Waals surface area contributed by atoms with Gasteiger partial charge in [0.15, 0.2) is 0 Å². The van der Waals surface area contributed by atoms with E-state index in [1.807, 2.05) is 13.8 Å². The summed E-state index contributed by atoms with van der Waals surface area (Å²) >= 11 is 0. The molecule has 1 aromatic heterocycles. The minimum absolute atomic E-state index is 0.0940. The fourth-order valence-electron chi connectivity index (χ4n) is 1.69. The zero-order valence-electron chi connectivity index (χ0n) is 10.6. The Hall–Kier alpha value is -1.17. The highest BCUT2D eigenvalue weighted by Crippen LogP contribution is 2.25. The standard InChI is InChI=1S/C12H18F3N3/c1-3-16-10(5-4-6-12(13,14)15)11-8-17-9(2)7-18-11/h7-8,10,16H,3-6H2,1-2H3. The number of aromatic nitrogens is 2. The predicted molar refractivity (Wildman–Crippen MR) is 63.1 cm³/mol. The quantitative estimate of drug-likeness (QED) is 0.854. The van der Waals surface area contributed by atoms with Gasteiger partial charge in [-0.3, -0.25) is 9.97 Å². The van der Waals surface area contributed by atoms with E-state index in [0.29, 0.717) is 18.7 Å². The first-order chi connectivity index (χ1) is 8.42. The smallest absolute Gasteiger partial charge is 0.309 e. The highest BCUT2D eigenvalue weighted by atomic mass is 19.4. The average Bonchev–Trinajstić information content (AvgIpc) is 2.27. The Morgan fingerprint density at radius 3 is 2.50 bits per heavy atom. The van der Waals surface area contributed by atoms with Gasteiger partial charge in [0.25, 0.3) is 0 Å². The van der Waals surface area contributed by atoms with E-state index in [0.717, 1.165) is 5.69 Å². The van der Waals surface area contributed by atoms with Gasteiger partial charge < -0.3 is 5.32 Å². The summed E-state index contributed by atoms with van der Waals surface area (Å²) in [6, 6.07) is -0.162. The lowest BCUT2D eigenvalue weighted by Crippen LogP contribution is -2.22. The van der Waals surface area contributed by atoms with Gasteiger partial charge in [-0.15, -0.1) is 0 Å². The van der Waals surface area contributed by atoms with Crippen LogP contribution in [0, 0.1) is 6.92 Å². The van der Waals surface area contributed by atoms with Crippen LogP contribution in [0.25, 0.3) is 0 Å². The third kappa shape index (κ3) is 5.44. The number of halogens is 3. The summed E-state index contributed by atoms with van der Waals surface area (Å²) in [4.78, 5) is 8.32. The topological polar surface area (TPSA) is 37.8 Å². The van der Waals surface area contributed by atoms with E-state index in [1.54, 1.807) is 12.4 Å². The summed E-state index contributed by atoms with van der Waals surface area (Å²) in [5, 5.41) is 3.13. The second kappa shape index (κ2) is 6.68. The summed E-state index contributed by atoms with van der Waals surface area (Å²) in [6.45, 7) is 4.42. The maximum Gasteiger partial charge on any atom is 0.389 e. The molecule has 18 heavy (non-hydrogen) atoms. The second-order valence-corrected chi connectivity index (χ2v) is 4.20. The van der Waals surface area contributed by atoms with E-state index in [-0.39, 0.29) is 12.5 Å². The Morgan fingerprint density at radius 2 is 2.00 bits per heavy atom. The van der Waals surface area contributed by atoms with Crippen molar-refractivity contribution in [2.75, 3.05) is 6.54 Å². The molecule has 0 spiro atoms. The second-order valence-electron chi connectivity index (χ2n) is 4.20. The van der Waals surface area contributed by atoms with E-state index in [1.165, 1.54) is 0 Å². The SMILES string of the molecule is CCNC(CCCC(F)(F)F)c1cnc(C)cn1. The largest absolute Gasteiger partial charge is 0.389 e. The number of alkyl halides is 3. The van der Waals surface area contributed by atoms with Crippen molar-refractivity contribution in [3.05, 3.63) is 23.8 Å². The molecular formula is C12H18F3N3. The lowest BCUT2D eigenvalue weighted by atomic mass is 10.1. The van der Waals surface area contributed by atoms with Crippen LogP contribution in [0.15, 0.2) is 12.4 Å². The molecule has 1 N–H and O–H groups in total. The maximum atomic E-state index is 12.1. The van der Waals surface area contributed by atoms with Gasteiger partial charge in [-0.2, -0.15) is 13.2 Å². The van der Waals surface area contributed by atoms with Gasteiger partial charge in [0.2, 0.25) is 0 Å². The van der Waals surface area contributed by atoms with Crippen LogP contribution in [0.1, 0.15) is 43.6 Å². The van der Waals surface area contributed by atoms with Crippen molar-refractivity contribution in [3.8, 4) is 0 Å². The summed E-state index contributed by atoms with van der Waals surface area (Å²) in [5.41, 5.74) is 1.49. The molecule has 0 aliphatic carbocycles. The van der Waals surface area contributed by atoms with Crippen molar-refractivity contribution >= 4 is 0 Å². The van der Waals surface area contributed by atoms with Crippen LogP contribution in [0.5, 0.6) is 0 Å². The fraction of sp³-hybridized carbons (Fsp3) is 0.667. The molecule has 0 aliphatic rings. The molecule has 1 atom stereocenters. The van der Waals surface area contributed by atoms with Crippen molar-refractivity contribution in [2.45, 2.75) is 45.3 Å². The fourth-order valence-corrected chi connectivity index (χ4v) is 1.69. The first-order valence-electron chi connectivity index (χ1n) is 6.01. The first kappa shape index (κ1) is 14.9. The average molecular weight is 261 g/mol. The number of aryl methyl sites for hydroxylation is 1. The number of nitrogens with zero attached hydrogens (tertiary/aromatic N) is 2. The normalized spacial score (nSPS) is 13.6. The van der Waals surface area contributed by atoms with Crippen LogP contribution in [-0.2, 0) is 0 Å². The van der Waals surface area contributed by atoms with E-state index in [2.05, 4.69) is 15.3 Å². The Morgan fingerprint density at radius 1 is 1.28 bits per heavy atom. The molecule has 0 saturated carbocycles. The molecule has 0 bridgehead atoms. The lowest BCUT2D eigenvalue weighted by molar-refractivity contribution is -0.135. The molecular weight excluding hydrogens is 243 g/mol. The summed E-state index contributed by atoms with van der Waals surface area (Å²) in [5.74, 6) is 0. The number of hydrogen-bond acceptors (Lipinski definition) is 3. The van der Waals surface area contributed by atoms with Gasteiger partial charge in [0, 0.05) is 12.6 Å². The monoisotopic (exact) mass is 261 g/mol. The third-order valence-corrected chi connectivity index (χ3v) is 2.56. The van der Waals surface area contributed by atoms with E-state index in [4.69, 9.17) is 0 Å². The molecule has 102 valence electrons. The summed E-state index contributed by atoms with van der Waals surface area (Å²) in [7, 11) is 0. The minimum atomic E-state index is -4.09. The van der Waals surface area contributed by atoms with Crippen molar-refractivity contribution in [2.24, 2.45) is 0 Å². The van der Waals surface area contributed by atoms with Crippen molar-refractivity contribution < 1.29 is 13.2 Å². The van der Waals surface area contributed by atoms with Gasteiger partial charge in [0.1, 0.15) is 0 Å². The Balaban J connectivity index is 2.57. The van der Waals surface area contributed by atoms with Gasteiger partial charge in [0.05, 0.1) is 23.6 Å². The van der Waals surface area contributed by atoms with Gasteiger partial charge >= 0.3 is 6.18 Å². The zero-order valence-corrected chi connectivity index (χ0v) is 10.6. The Bertz CT molecular complexity index is 349. The molecule has 3 nitrogen and oxygen atoms in total. The molecule has 1 aromatic rings. The molecule has 0 amide bonds. The highest BCUT2D eigenvalue weighted by Gasteiger charge is 2.27. The Labute approximate surface area is 105 Å². The van der Waals surface area contributed by atoms with Crippen LogP contribution < -0.4 is 5.32 Å². The third-order valence-electron chi connectivity index (χ3n) is 2.56. The van der Waals surface area contributed by atoms with Gasteiger partial charge in [-0.25, -0.2) is 0 Å². The van der Waals surface area contributed by atoms with Crippen LogP contribution in [-0.4, -0.2) is 22.7 Å². The Kier molecular flexibility index (Phi) is 5.53. The van der Waals surface area contributed by atoms with Crippen molar-refractivity contribution in [3.63, 3.8) is 0 Å². The van der Waals surface area contributed by atoms with Crippen LogP contribution in [0.2, 0.25) is 0 Å². The molecule has 0 fully saturated rings. The maximum absolute atomic E-state index is 12.1. The number of rotatable bonds is 6. The molecule has 1 unspecified atom stereocenters. The zero-order chi connectivity index (χ0) is 13.6. The minimum Gasteiger partial charge on any atom is -0.309 e. The van der Waals surface area contributed by atoms with Crippen molar-refractivity contribution in [1.82, 2.24) is 15.3 Å². The van der Waals surface area contributed by atoms with E-state index >= 15 is 0 Å². The predicted octanol–water partition coefficient (Wildman–Crippen LogP) is 3.17.